The molecule has 1 N–H and O–H groups in total. The van der Waals surface area contributed by atoms with Crippen LogP contribution in [0.1, 0.15) is 18.0 Å². The molecule has 0 aliphatic carbocycles. The van der Waals surface area contributed by atoms with Gasteiger partial charge in [0.2, 0.25) is 18.6 Å². The van der Waals surface area contributed by atoms with Crippen molar-refractivity contribution < 1.29 is 19.1 Å². The number of ether oxygens (including phenoxy) is 2. The van der Waals surface area contributed by atoms with Gasteiger partial charge in [-0.05, 0) is 29.8 Å². The van der Waals surface area contributed by atoms with Gasteiger partial charge in [0, 0.05) is 31.5 Å². The number of aromatic nitrogens is 1. The van der Waals surface area contributed by atoms with Gasteiger partial charge in [-0.1, -0.05) is 6.07 Å². The zero-order chi connectivity index (χ0) is 17.4. The van der Waals surface area contributed by atoms with Gasteiger partial charge in [0.25, 0.3) is 0 Å². The van der Waals surface area contributed by atoms with E-state index in [1.807, 2.05) is 18.2 Å². The van der Waals surface area contributed by atoms with E-state index >= 15 is 0 Å². The lowest BCUT2D eigenvalue weighted by molar-refractivity contribution is -0.127. The first-order chi connectivity index (χ1) is 12.1. The van der Waals surface area contributed by atoms with E-state index in [4.69, 9.17) is 9.47 Å². The fourth-order valence-corrected chi connectivity index (χ4v) is 3.33. The third-order valence-electron chi connectivity index (χ3n) is 4.61. The van der Waals surface area contributed by atoms with Crippen LogP contribution in [0.4, 0.5) is 5.69 Å². The number of hydrogen-bond donors (Lipinski definition) is 1. The highest BCUT2D eigenvalue weighted by atomic mass is 16.7. The number of rotatable bonds is 3. The maximum absolute atomic E-state index is 12.8. The van der Waals surface area contributed by atoms with Crippen LogP contribution < -0.4 is 14.8 Å². The largest absolute Gasteiger partial charge is 0.454 e. The summed E-state index contributed by atoms with van der Waals surface area (Å²) in [7, 11) is 1.72. The van der Waals surface area contributed by atoms with Crippen molar-refractivity contribution in [2.75, 3.05) is 19.2 Å². The first-order valence-electron chi connectivity index (χ1n) is 7.99. The minimum atomic E-state index is -0.481. The summed E-state index contributed by atoms with van der Waals surface area (Å²) in [5.74, 6) is 0.585. The zero-order valence-corrected chi connectivity index (χ0v) is 13.6. The van der Waals surface area contributed by atoms with Crippen LogP contribution in [0.25, 0.3) is 0 Å². The van der Waals surface area contributed by atoms with Gasteiger partial charge in [0.15, 0.2) is 11.5 Å². The van der Waals surface area contributed by atoms with E-state index < -0.39 is 5.92 Å². The molecule has 0 unspecified atom stereocenters. The molecule has 3 heterocycles. The highest BCUT2D eigenvalue weighted by Gasteiger charge is 2.43. The molecule has 0 bridgehead atoms. The molecule has 4 rings (SSSR count). The average Bonchev–Trinajstić information content (AvgIpc) is 3.20. The summed E-state index contributed by atoms with van der Waals surface area (Å²) >= 11 is 0. The summed E-state index contributed by atoms with van der Waals surface area (Å²) in [5.41, 5.74) is 1.51. The standard InChI is InChI=1S/C18H17N3O4/c1-21-16(22)9-13(18(23)20-12-4-6-19-7-5-12)17(21)11-2-3-14-15(8-11)25-10-24-14/h2-8,13,17H,9-10H2,1H3,(H,19,20,23)/t13-,17+/m0/s1. The highest BCUT2D eigenvalue weighted by Crippen LogP contribution is 2.41. The van der Waals surface area contributed by atoms with Crippen LogP contribution in [0.2, 0.25) is 0 Å². The van der Waals surface area contributed by atoms with Gasteiger partial charge in [-0.15, -0.1) is 0 Å². The van der Waals surface area contributed by atoms with Crippen LogP contribution in [0, 0.1) is 5.92 Å². The van der Waals surface area contributed by atoms with Gasteiger partial charge in [0.1, 0.15) is 0 Å². The second kappa shape index (κ2) is 6.08. The summed E-state index contributed by atoms with van der Waals surface area (Å²) in [5, 5.41) is 2.86. The average molecular weight is 339 g/mol. The lowest BCUT2D eigenvalue weighted by Crippen LogP contribution is -2.30. The summed E-state index contributed by atoms with van der Waals surface area (Å²) < 4.78 is 10.7. The minimum absolute atomic E-state index is 0.0578. The van der Waals surface area contributed by atoms with E-state index in [-0.39, 0.29) is 31.1 Å². The highest BCUT2D eigenvalue weighted by molar-refractivity contribution is 5.97. The Morgan fingerprint density at radius 3 is 2.76 bits per heavy atom. The van der Waals surface area contributed by atoms with Crippen LogP contribution in [0.5, 0.6) is 11.5 Å². The lowest BCUT2D eigenvalue weighted by atomic mass is 9.92. The molecule has 7 heteroatoms. The molecule has 1 fully saturated rings. The first-order valence-corrected chi connectivity index (χ1v) is 7.99. The first kappa shape index (κ1) is 15.4. The Labute approximate surface area is 144 Å². The van der Waals surface area contributed by atoms with E-state index in [9.17, 15) is 9.59 Å². The predicted molar refractivity (Wildman–Crippen MR) is 89.0 cm³/mol. The summed E-state index contributed by atoms with van der Waals surface area (Å²) in [6.07, 6.45) is 3.39. The zero-order valence-electron chi connectivity index (χ0n) is 13.6. The number of carbonyl (C=O) groups is 2. The van der Waals surface area contributed by atoms with E-state index in [1.54, 1.807) is 36.5 Å². The minimum Gasteiger partial charge on any atom is -0.454 e. The molecule has 0 saturated carbocycles. The van der Waals surface area contributed by atoms with Gasteiger partial charge in [-0.2, -0.15) is 0 Å². The number of nitrogens with zero attached hydrogens (tertiary/aromatic N) is 2. The number of likely N-dealkylation sites (tertiary alicyclic amines) is 1. The van der Waals surface area contributed by atoms with Crippen molar-refractivity contribution in [2.24, 2.45) is 5.92 Å². The van der Waals surface area contributed by atoms with Gasteiger partial charge >= 0.3 is 0 Å². The number of pyridine rings is 1. The van der Waals surface area contributed by atoms with Crippen molar-refractivity contribution in [2.45, 2.75) is 12.5 Å². The van der Waals surface area contributed by atoms with E-state index in [0.29, 0.717) is 17.2 Å². The maximum Gasteiger partial charge on any atom is 0.231 e. The smallest absolute Gasteiger partial charge is 0.231 e. The van der Waals surface area contributed by atoms with Crippen molar-refractivity contribution in [3.8, 4) is 11.5 Å². The summed E-state index contributed by atoms with van der Waals surface area (Å²) in [4.78, 5) is 30.5. The second-order valence-electron chi connectivity index (χ2n) is 6.10. The van der Waals surface area contributed by atoms with Crippen molar-refractivity contribution in [1.29, 1.82) is 0 Å². The van der Waals surface area contributed by atoms with E-state index in [0.717, 1.165) is 5.56 Å². The number of hydrogen-bond acceptors (Lipinski definition) is 5. The molecule has 128 valence electrons. The fraction of sp³-hybridized carbons (Fsp3) is 0.278. The Morgan fingerprint density at radius 1 is 1.20 bits per heavy atom. The maximum atomic E-state index is 12.8. The Hall–Kier alpha value is -3.09. The van der Waals surface area contributed by atoms with Crippen LogP contribution in [-0.4, -0.2) is 35.5 Å². The van der Waals surface area contributed by atoms with Crippen molar-refractivity contribution in [3.05, 3.63) is 48.3 Å². The molecule has 0 spiro atoms. The molecule has 0 radical (unpaired) electrons. The monoisotopic (exact) mass is 339 g/mol. The van der Waals surface area contributed by atoms with Crippen LogP contribution in [0.15, 0.2) is 42.7 Å². The van der Waals surface area contributed by atoms with E-state index in [2.05, 4.69) is 10.3 Å². The molecular formula is C18H17N3O4. The number of nitrogens with one attached hydrogen (secondary N) is 1. The van der Waals surface area contributed by atoms with Crippen molar-refractivity contribution >= 4 is 17.5 Å². The van der Waals surface area contributed by atoms with Crippen LogP contribution in [-0.2, 0) is 9.59 Å². The third kappa shape index (κ3) is 2.77. The van der Waals surface area contributed by atoms with Crippen LogP contribution in [0.3, 0.4) is 0 Å². The number of benzene rings is 1. The van der Waals surface area contributed by atoms with Crippen molar-refractivity contribution in [1.82, 2.24) is 9.88 Å². The SMILES string of the molecule is CN1C(=O)C[C@H](C(=O)Nc2ccncc2)[C@H]1c1ccc2c(c1)OCO2. The molecule has 2 amide bonds. The molecule has 2 aliphatic rings. The Bertz CT molecular complexity index is 824. The molecule has 2 atom stereocenters. The predicted octanol–water partition coefficient (Wildman–Crippen LogP) is 1.97. The van der Waals surface area contributed by atoms with E-state index in [1.165, 1.54) is 0 Å². The van der Waals surface area contributed by atoms with Gasteiger partial charge in [0.05, 0.1) is 12.0 Å². The van der Waals surface area contributed by atoms with Gasteiger partial charge < -0.3 is 19.7 Å². The molecule has 1 aromatic heterocycles. The molecule has 2 aromatic rings. The quantitative estimate of drug-likeness (QED) is 0.925. The molecule has 2 aliphatic heterocycles. The number of carbonyl (C=O) groups excluding carboxylic acids is 2. The van der Waals surface area contributed by atoms with Gasteiger partial charge in [-0.3, -0.25) is 14.6 Å². The number of fused-ring (bicyclic) bond motifs is 1. The molecular weight excluding hydrogens is 322 g/mol. The Morgan fingerprint density at radius 2 is 1.96 bits per heavy atom. The normalized spacial score (nSPS) is 21.5. The second-order valence-corrected chi connectivity index (χ2v) is 6.10. The molecule has 1 saturated heterocycles. The van der Waals surface area contributed by atoms with Crippen molar-refractivity contribution in [3.63, 3.8) is 0 Å². The summed E-state index contributed by atoms with van der Waals surface area (Å²) in [6, 6.07) is 8.62. The molecule has 7 nitrogen and oxygen atoms in total. The third-order valence-corrected chi connectivity index (χ3v) is 4.61. The lowest BCUT2D eigenvalue weighted by Gasteiger charge is -2.25. The van der Waals surface area contributed by atoms with Gasteiger partial charge in [-0.25, -0.2) is 0 Å². The Kier molecular flexibility index (Phi) is 3.76. The topological polar surface area (TPSA) is 80.8 Å². The van der Waals surface area contributed by atoms with Crippen LogP contribution >= 0.6 is 0 Å². The molecule has 1 aromatic carbocycles. The number of anilines is 1. The molecule has 25 heavy (non-hydrogen) atoms. The summed E-state index contributed by atoms with van der Waals surface area (Å²) in [6.45, 7) is 0.185. The Balaban J connectivity index is 1.62. The fourth-order valence-electron chi connectivity index (χ4n) is 3.33. The number of amides is 2.